The van der Waals surface area contributed by atoms with Crippen LogP contribution in [0.3, 0.4) is 0 Å². The topological polar surface area (TPSA) is 76.8 Å². The minimum Gasteiger partial charge on any atom is -0.330 e. The van der Waals surface area contributed by atoms with Gasteiger partial charge in [0.1, 0.15) is 24.5 Å². The maximum absolute atomic E-state index is 12.6. The zero-order chi connectivity index (χ0) is 15.9. The summed E-state index contributed by atoms with van der Waals surface area (Å²) in [6.07, 6.45) is 4.84. The lowest BCUT2D eigenvalue weighted by Crippen LogP contribution is -2.32. The molecule has 0 saturated heterocycles. The first kappa shape index (κ1) is 14.6. The Morgan fingerprint density at radius 1 is 1.32 bits per heavy atom. The summed E-state index contributed by atoms with van der Waals surface area (Å²) in [5.41, 5.74) is 1.87. The zero-order valence-corrected chi connectivity index (χ0v) is 13.3. The van der Waals surface area contributed by atoms with E-state index in [1.165, 1.54) is 6.33 Å². The van der Waals surface area contributed by atoms with Gasteiger partial charge in [-0.3, -0.25) is 4.79 Å². The lowest BCUT2D eigenvalue weighted by atomic mass is 9.95. The Kier molecular flexibility index (Phi) is 3.42. The Morgan fingerprint density at radius 2 is 2.09 bits per heavy atom. The number of rotatable bonds is 2. The summed E-state index contributed by atoms with van der Waals surface area (Å²) in [6.45, 7) is 9.15. The molecule has 0 radical (unpaired) electrons. The fourth-order valence-electron chi connectivity index (χ4n) is 2.47. The van der Waals surface area contributed by atoms with E-state index < -0.39 is 0 Å². The van der Waals surface area contributed by atoms with E-state index >= 15 is 0 Å². The minimum absolute atomic E-state index is 0.0146. The van der Waals surface area contributed by atoms with Crippen molar-refractivity contribution in [2.75, 3.05) is 0 Å². The van der Waals surface area contributed by atoms with Crippen LogP contribution in [-0.4, -0.2) is 35.5 Å². The van der Waals surface area contributed by atoms with E-state index in [1.54, 1.807) is 15.9 Å². The summed E-state index contributed by atoms with van der Waals surface area (Å²) in [7, 11) is 0. The Labute approximate surface area is 129 Å². The molecule has 0 saturated carbocycles. The summed E-state index contributed by atoms with van der Waals surface area (Å²) in [5, 5.41) is 4.03. The van der Waals surface area contributed by atoms with Gasteiger partial charge in [0, 0.05) is 23.7 Å². The highest BCUT2D eigenvalue weighted by molar-refractivity contribution is 5.80. The van der Waals surface area contributed by atoms with Crippen LogP contribution in [0, 0.1) is 0 Å². The monoisotopic (exact) mass is 300 g/mol. The maximum Gasteiger partial charge on any atom is 0.247 e. The first-order valence-electron chi connectivity index (χ1n) is 7.34. The van der Waals surface area contributed by atoms with Gasteiger partial charge >= 0.3 is 0 Å². The molecule has 2 aromatic heterocycles. The highest BCUT2D eigenvalue weighted by atomic mass is 16.2. The quantitative estimate of drug-likeness (QED) is 0.839. The van der Waals surface area contributed by atoms with Crippen molar-refractivity contribution in [2.24, 2.45) is 0 Å². The van der Waals surface area contributed by atoms with Gasteiger partial charge in [-0.15, -0.1) is 0 Å². The highest BCUT2D eigenvalue weighted by Gasteiger charge is 2.30. The Balaban J connectivity index is 1.78. The van der Waals surface area contributed by atoms with Crippen molar-refractivity contribution >= 4 is 5.91 Å². The van der Waals surface area contributed by atoms with Crippen molar-refractivity contribution in [3.8, 4) is 0 Å². The van der Waals surface area contributed by atoms with Crippen LogP contribution < -0.4 is 0 Å². The number of carbonyl (C=O) groups is 1. The van der Waals surface area contributed by atoms with Gasteiger partial charge in [-0.1, -0.05) is 20.8 Å². The summed E-state index contributed by atoms with van der Waals surface area (Å²) in [5.74, 6) is 0.825. The van der Waals surface area contributed by atoms with Gasteiger partial charge in [-0.2, -0.15) is 5.10 Å². The SMILES string of the molecule is C[C@@H](C(=O)N1Cc2cnc(C(C)(C)C)nc2C1)n1cncn1. The lowest BCUT2D eigenvalue weighted by Gasteiger charge is -2.19. The Bertz CT molecular complexity index is 689. The first-order chi connectivity index (χ1) is 10.4. The van der Waals surface area contributed by atoms with Crippen molar-refractivity contribution in [2.45, 2.75) is 52.2 Å². The van der Waals surface area contributed by atoms with Crippen LogP contribution >= 0.6 is 0 Å². The van der Waals surface area contributed by atoms with Gasteiger partial charge in [0.2, 0.25) is 5.91 Å². The van der Waals surface area contributed by atoms with Crippen molar-refractivity contribution in [3.63, 3.8) is 0 Å². The van der Waals surface area contributed by atoms with Gasteiger partial charge in [0.05, 0.1) is 12.2 Å². The van der Waals surface area contributed by atoms with Gasteiger partial charge in [0.15, 0.2) is 0 Å². The lowest BCUT2D eigenvalue weighted by molar-refractivity contribution is -0.135. The minimum atomic E-state index is -0.369. The fourth-order valence-corrected chi connectivity index (χ4v) is 2.47. The molecule has 0 spiro atoms. The predicted octanol–water partition coefficient (Wildman–Crippen LogP) is 1.47. The van der Waals surface area contributed by atoms with Gasteiger partial charge < -0.3 is 4.90 Å². The molecule has 1 atom stereocenters. The fraction of sp³-hybridized carbons (Fsp3) is 0.533. The number of hydrogen-bond acceptors (Lipinski definition) is 5. The van der Waals surface area contributed by atoms with Gasteiger partial charge in [-0.25, -0.2) is 19.6 Å². The van der Waals surface area contributed by atoms with Crippen LogP contribution in [0.1, 0.15) is 50.8 Å². The molecule has 0 N–H and O–H groups in total. The molecule has 2 aromatic rings. The van der Waals surface area contributed by atoms with Crippen LogP contribution in [0.4, 0.5) is 0 Å². The largest absolute Gasteiger partial charge is 0.330 e. The molecular weight excluding hydrogens is 280 g/mol. The van der Waals surface area contributed by atoms with E-state index in [-0.39, 0.29) is 17.4 Å². The first-order valence-corrected chi connectivity index (χ1v) is 7.34. The summed E-state index contributed by atoms with van der Waals surface area (Å²) >= 11 is 0. The van der Waals surface area contributed by atoms with Crippen LogP contribution in [0.25, 0.3) is 0 Å². The second-order valence-electron chi connectivity index (χ2n) is 6.66. The molecule has 3 heterocycles. The molecule has 0 bridgehead atoms. The molecule has 7 nitrogen and oxygen atoms in total. The van der Waals surface area contributed by atoms with Crippen molar-refractivity contribution in [3.05, 3.63) is 35.9 Å². The van der Waals surface area contributed by atoms with Crippen LogP contribution in [0.15, 0.2) is 18.9 Å². The average molecular weight is 300 g/mol. The normalized spacial score (nSPS) is 15.7. The van der Waals surface area contributed by atoms with E-state index in [9.17, 15) is 4.79 Å². The summed E-state index contributed by atoms with van der Waals surface area (Å²) in [4.78, 5) is 27.3. The number of nitrogens with zero attached hydrogens (tertiary/aromatic N) is 6. The average Bonchev–Trinajstić information content (AvgIpc) is 3.12. The van der Waals surface area contributed by atoms with E-state index in [0.29, 0.717) is 13.1 Å². The van der Waals surface area contributed by atoms with E-state index in [1.807, 2.05) is 13.1 Å². The molecule has 1 aliphatic rings. The molecule has 0 aromatic carbocycles. The number of hydrogen-bond donors (Lipinski definition) is 0. The van der Waals surface area contributed by atoms with E-state index in [2.05, 4.69) is 40.8 Å². The third-order valence-corrected chi connectivity index (χ3v) is 3.83. The van der Waals surface area contributed by atoms with E-state index in [0.717, 1.165) is 17.1 Å². The standard InChI is InChI=1S/C15H20N6O/c1-10(21-9-16-8-18-21)13(22)20-6-11-5-17-14(15(2,3)4)19-12(11)7-20/h5,8-10H,6-7H2,1-4H3/t10-/m0/s1. The van der Waals surface area contributed by atoms with Crippen LogP contribution in [0.2, 0.25) is 0 Å². The van der Waals surface area contributed by atoms with Gasteiger partial charge in [0.25, 0.3) is 0 Å². The number of fused-ring (bicyclic) bond motifs is 1. The molecule has 1 aliphatic heterocycles. The molecule has 1 amide bonds. The smallest absolute Gasteiger partial charge is 0.247 e. The van der Waals surface area contributed by atoms with Crippen LogP contribution in [-0.2, 0) is 23.3 Å². The highest BCUT2D eigenvalue weighted by Crippen LogP contribution is 2.26. The number of amides is 1. The Hall–Kier alpha value is -2.31. The second-order valence-corrected chi connectivity index (χ2v) is 6.66. The second kappa shape index (κ2) is 5.15. The third-order valence-electron chi connectivity index (χ3n) is 3.83. The molecule has 0 aliphatic carbocycles. The van der Waals surface area contributed by atoms with Crippen molar-refractivity contribution in [1.29, 1.82) is 0 Å². The van der Waals surface area contributed by atoms with Gasteiger partial charge in [-0.05, 0) is 6.92 Å². The van der Waals surface area contributed by atoms with E-state index in [4.69, 9.17) is 0 Å². The predicted molar refractivity (Wildman–Crippen MR) is 79.7 cm³/mol. The number of carbonyl (C=O) groups excluding carboxylic acids is 1. The molecular formula is C15H20N6O. The van der Waals surface area contributed by atoms with Crippen molar-refractivity contribution < 1.29 is 4.79 Å². The molecule has 22 heavy (non-hydrogen) atoms. The molecule has 0 fully saturated rings. The van der Waals surface area contributed by atoms with Crippen LogP contribution in [0.5, 0.6) is 0 Å². The third kappa shape index (κ3) is 2.58. The number of aromatic nitrogens is 5. The molecule has 0 unspecified atom stereocenters. The maximum atomic E-state index is 12.6. The molecule has 116 valence electrons. The zero-order valence-electron chi connectivity index (χ0n) is 13.3. The molecule has 3 rings (SSSR count). The van der Waals surface area contributed by atoms with Crippen molar-refractivity contribution in [1.82, 2.24) is 29.6 Å². The molecule has 7 heteroatoms. The Morgan fingerprint density at radius 3 is 2.73 bits per heavy atom. The summed E-state index contributed by atoms with van der Waals surface area (Å²) < 4.78 is 1.57. The summed E-state index contributed by atoms with van der Waals surface area (Å²) in [6, 6.07) is -0.369.